The number of morpholine rings is 1. The topological polar surface area (TPSA) is 97.0 Å². The normalized spacial score (nSPS) is 15.1. The van der Waals surface area contributed by atoms with Crippen LogP contribution in [-0.4, -0.2) is 49.3 Å². The van der Waals surface area contributed by atoms with E-state index in [0.29, 0.717) is 25.3 Å². The predicted molar refractivity (Wildman–Crippen MR) is 122 cm³/mol. The van der Waals surface area contributed by atoms with Crippen molar-refractivity contribution >= 4 is 29.3 Å². The summed E-state index contributed by atoms with van der Waals surface area (Å²) in [6, 6.07) is 15.6. The third-order valence-corrected chi connectivity index (χ3v) is 4.72. The molecule has 2 N–H and O–H groups in total. The fourth-order valence-corrected chi connectivity index (χ4v) is 3.25. The van der Waals surface area contributed by atoms with Crippen LogP contribution in [0.5, 0.6) is 0 Å². The summed E-state index contributed by atoms with van der Waals surface area (Å²) < 4.78 is 10.5. The van der Waals surface area contributed by atoms with Crippen molar-refractivity contribution in [3.8, 4) is 0 Å². The van der Waals surface area contributed by atoms with Crippen molar-refractivity contribution in [1.29, 1.82) is 0 Å². The molecule has 3 rings (SSSR count). The van der Waals surface area contributed by atoms with E-state index < -0.39 is 17.7 Å². The van der Waals surface area contributed by atoms with E-state index in [0.717, 1.165) is 11.3 Å². The number of nitrogens with one attached hydrogen (secondary N) is 2. The number of carbonyl (C=O) groups excluding carboxylic acids is 3. The van der Waals surface area contributed by atoms with Crippen molar-refractivity contribution in [3.05, 3.63) is 60.2 Å². The Morgan fingerprint density at radius 3 is 2.41 bits per heavy atom. The van der Waals surface area contributed by atoms with Crippen LogP contribution >= 0.6 is 0 Å². The molecule has 0 radical (unpaired) electrons. The number of hydrogen-bond donors (Lipinski definition) is 2. The summed E-state index contributed by atoms with van der Waals surface area (Å²) in [5, 5.41) is 5.51. The van der Waals surface area contributed by atoms with Crippen LogP contribution in [0.1, 0.15) is 26.3 Å². The molecular weight excluding hydrogens is 410 g/mol. The molecule has 0 unspecified atom stereocenters. The van der Waals surface area contributed by atoms with E-state index in [1.54, 1.807) is 49.9 Å². The van der Waals surface area contributed by atoms with Gasteiger partial charge < -0.3 is 25.0 Å². The Morgan fingerprint density at radius 2 is 1.78 bits per heavy atom. The third kappa shape index (κ3) is 6.81. The maximum atomic E-state index is 13.0. The summed E-state index contributed by atoms with van der Waals surface area (Å²) in [5.41, 5.74) is 1.53. The molecule has 0 bridgehead atoms. The number of hydrogen-bond acceptors (Lipinski definition) is 5. The summed E-state index contributed by atoms with van der Waals surface area (Å²) in [4.78, 5) is 39.0. The lowest BCUT2D eigenvalue weighted by Crippen LogP contribution is -2.47. The van der Waals surface area contributed by atoms with E-state index in [9.17, 15) is 14.4 Å². The Kier molecular flexibility index (Phi) is 7.48. The lowest BCUT2D eigenvalue weighted by Gasteiger charge is -2.27. The minimum Gasteiger partial charge on any atom is -0.444 e. The lowest BCUT2D eigenvalue weighted by atomic mass is 10.1. The molecule has 1 aliphatic rings. The molecule has 2 aromatic rings. The average molecular weight is 440 g/mol. The average Bonchev–Trinajstić information content (AvgIpc) is 2.74. The van der Waals surface area contributed by atoms with Crippen LogP contribution in [-0.2, 0) is 25.5 Å². The number of amides is 3. The van der Waals surface area contributed by atoms with Gasteiger partial charge in [0.05, 0.1) is 6.61 Å². The number of alkyl carbamates (subject to hydrolysis) is 1. The molecule has 8 heteroatoms. The molecule has 1 heterocycles. The monoisotopic (exact) mass is 439 g/mol. The Balaban J connectivity index is 1.69. The first-order valence-electron chi connectivity index (χ1n) is 10.5. The number of ether oxygens (including phenoxy) is 2. The largest absolute Gasteiger partial charge is 0.444 e. The van der Waals surface area contributed by atoms with Gasteiger partial charge in [0.1, 0.15) is 18.2 Å². The quantitative estimate of drug-likeness (QED) is 0.721. The molecule has 8 nitrogen and oxygen atoms in total. The number of nitrogens with zero attached hydrogens (tertiary/aromatic N) is 1. The van der Waals surface area contributed by atoms with Crippen LogP contribution in [0, 0.1) is 0 Å². The number of anilines is 2. The SMILES string of the molecule is CC(C)(C)OC(=O)N[C@H](Cc1ccccc1)C(=O)Nc1ccc(N2CCOCC2=O)cc1. The Labute approximate surface area is 187 Å². The third-order valence-electron chi connectivity index (χ3n) is 4.72. The Bertz CT molecular complexity index is 938. The van der Waals surface area contributed by atoms with Crippen LogP contribution in [0.3, 0.4) is 0 Å². The molecule has 0 aliphatic carbocycles. The van der Waals surface area contributed by atoms with Gasteiger partial charge in [0.25, 0.3) is 5.91 Å². The second-order valence-electron chi connectivity index (χ2n) is 8.52. The first-order valence-corrected chi connectivity index (χ1v) is 10.5. The van der Waals surface area contributed by atoms with Gasteiger partial charge in [0.15, 0.2) is 0 Å². The highest BCUT2D eigenvalue weighted by molar-refractivity contribution is 5.98. The van der Waals surface area contributed by atoms with Crippen molar-refractivity contribution in [2.45, 2.75) is 38.8 Å². The second kappa shape index (κ2) is 10.3. The fourth-order valence-electron chi connectivity index (χ4n) is 3.25. The molecule has 1 aliphatic heterocycles. The zero-order valence-electron chi connectivity index (χ0n) is 18.6. The van der Waals surface area contributed by atoms with Gasteiger partial charge in [0.2, 0.25) is 5.91 Å². The van der Waals surface area contributed by atoms with Crippen LogP contribution < -0.4 is 15.5 Å². The van der Waals surface area contributed by atoms with E-state index >= 15 is 0 Å². The molecule has 0 spiro atoms. The van der Waals surface area contributed by atoms with Crippen molar-refractivity contribution in [1.82, 2.24) is 5.32 Å². The highest BCUT2D eigenvalue weighted by Crippen LogP contribution is 2.20. The Morgan fingerprint density at radius 1 is 1.09 bits per heavy atom. The van der Waals surface area contributed by atoms with Gasteiger partial charge in [-0.05, 0) is 50.6 Å². The number of benzene rings is 2. The molecule has 1 fully saturated rings. The first kappa shape index (κ1) is 23.3. The van der Waals surface area contributed by atoms with Crippen molar-refractivity contribution in [2.24, 2.45) is 0 Å². The minimum absolute atomic E-state index is 0.0655. The molecule has 3 amide bonds. The molecule has 170 valence electrons. The summed E-state index contributed by atoms with van der Waals surface area (Å²) in [5.74, 6) is -0.465. The Hall–Kier alpha value is -3.39. The van der Waals surface area contributed by atoms with Crippen LogP contribution in [0.25, 0.3) is 0 Å². The van der Waals surface area contributed by atoms with Crippen LogP contribution in [0.4, 0.5) is 16.2 Å². The van der Waals surface area contributed by atoms with Gasteiger partial charge in [0, 0.05) is 24.3 Å². The molecule has 1 saturated heterocycles. The number of carbonyl (C=O) groups is 3. The molecule has 1 atom stereocenters. The van der Waals surface area contributed by atoms with E-state index in [-0.39, 0.29) is 18.4 Å². The van der Waals surface area contributed by atoms with E-state index in [2.05, 4.69) is 10.6 Å². The summed E-state index contributed by atoms with van der Waals surface area (Å²) in [6.45, 7) is 6.33. The van der Waals surface area contributed by atoms with Crippen LogP contribution in [0.2, 0.25) is 0 Å². The lowest BCUT2D eigenvalue weighted by molar-refractivity contribution is -0.125. The predicted octanol–water partition coefficient (Wildman–Crippen LogP) is 3.12. The molecule has 32 heavy (non-hydrogen) atoms. The summed E-state index contributed by atoms with van der Waals surface area (Å²) in [7, 11) is 0. The van der Waals surface area contributed by atoms with Crippen molar-refractivity contribution in [3.63, 3.8) is 0 Å². The zero-order chi connectivity index (χ0) is 23.1. The number of rotatable bonds is 6. The smallest absolute Gasteiger partial charge is 0.408 e. The standard InChI is InChI=1S/C24H29N3O5/c1-24(2,3)32-23(30)26-20(15-17-7-5-4-6-8-17)22(29)25-18-9-11-19(12-10-18)27-13-14-31-16-21(27)28/h4-12,20H,13-16H2,1-3H3,(H,25,29)(H,26,30)/t20-/m1/s1. The first-order chi connectivity index (χ1) is 15.2. The van der Waals surface area contributed by atoms with Crippen molar-refractivity contribution in [2.75, 3.05) is 30.0 Å². The summed E-state index contributed by atoms with van der Waals surface area (Å²) >= 11 is 0. The van der Waals surface area contributed by atoms with Gasteiger partial charge in [-0.2, -0.15) is 0 Å². The van der Waals surface area contributed by atoms with E-state index in [1.165, 1.54) is 0 Å². The van der Waals surface area contributed by atoms with Crippen LogP contribution in [0.15, 0.2) is 54.6 Å². The maximum Gasteiger partial charge on any atom is 0.408 e. The zero-order valence-corrected chi connectivity index (χ0v) is 18.6. The van der Waals surface area contributed by atoms with Gasteiger partial charge in [-0.3, -0.25) is 9.59 Å². The maximum absolute atomic E-state index is 13.0. The van der Waals surface area contributed by atoms with Gasteiger partial charge in [-0.1, -0.05) is 30.3 Å². The fraction of sp³-hybridized carbons (Fsp3) is 0.375. The molecule has 0 saturated carbocycles. The molecule has 2 aromatic carbocycles. The van der Waals surface area contributed by atoms with Crippen molar-refractivity contribution < 1.29 is 23.9 Å². The highest BCUT2D eigenvalue weighted by Gasteiger charge is 2.25. The molecule has 0 aromatic heterocycles. The van der Waals surface area contributed by atoms with E-state index in [1.807, 2.05) is 30.3 Å². The second-order valence-corrected chi connectivity index (χ2v) is 8.52. The van der Waals surface area contributed by atoms with Gasteiger partial charge >= 0.3 is 6.09 Å². The molecular formula is C24H29N3O5. The summed E-state index contributed by atoms with van der Waals surface area (Å²) in [6.07, 6.45) is -0.346. The highest BCUT2D eigenvalue weighted by atomic mass is 16.6. The minimum atomic E-state index is -0.826. The van der Waals surface area contributed by atoms with E-state index in [4.69, 9.17) is 9.47 Å². The van der Waals surface area contributed by atoms with Gasteiger partial charge in [-0.25, -0.2) is 4.79 Å². The van der Waals surface area contributed by atoms with Gasteiger partial charge in [-0.15, -0.1) is 0 Å².